The SMILES string of the molecule is Cc1cc(COC(=O)c2ccc(OS(=O)(=O)c3cccc([N+](=O)[O-])c3)cc2)no1. The second kappa shape index (κ2) is 8.10. The predicted molar refractivity (Wildman–Crippen MR) is 97.7 cm³/mol. The van der Waals surface area contributed by atoms with Gasteiger partial charge in [-0.05, 0) is 37.3 Å². The Balaban J connectivity index is 1.67. The molecule has 0 N–H and O–H groups in total. The predicted octanol–water partition coefficient (Wildman–Crippen LogP) is 3.02. The molecule has 0 saturated carbocycles. The van der Waals surface area contributed by atoms with Crippen molar-refractivity contribution in [2.45, 2.75) is 18.4 Å². The van der Waals surface area contributed by atoms with E-state index >= 15 is 0 Å². The van der Waals surface area contributed by atoms with Crippen LogP contribution in [0.5, 0.6) is 5.75 Å². The molecule has 0 aliphatic carbocycles. The number of rotatable bonds is 7. The summed E-state index contributed by atoms with van der Waals surface area (Å²) < 4.78 is 39.5. The molecule has 0 atom stereocenters. The highest BCUT2D eigenvalue weighted by molar-refractivity contribution is 7.87. The van der Waals surface area contributed by atoms with Crippen LogP contribution in [0.15, 0.2) is 64.0 Å². The number of nitro benzene ring substituents is 1. The standard InChI is InChI=1S/C18H14N2O8S/c1-12-9-14(19-27-12)11-26-18(21)13-5-7-16(8-6-13)28-29(24,25)17-4-2-3-15(10-17)20(22)23/h2-10H,11H2,1H3. The zero-order chi connectivity index (χ0) is 21.0. The molecule has 0 radical (unpaired) electrons. The van der Waals surface area contributed by atoms with Gasteiger partial charge in [0.25, 0.3) is 5.69 Å². The van der Waals surface area contributed by atoms with Crippen LogP contribution in [0.25, 0.3) is 0 Å². The number of aromatic nitrogens is 1. The van der Waals surface area contributed by atoms with E-state index in [0.717, 1.165) is 6.07 Å². The van der Waals surface area contributed by atoms with Crippen LogP contribution in [0, 0.1) is 17.0 Å². The fourth-order valence-electron chi connectivity index (χ4n) is 2.28. The van der Waals surface area contributed by atoms with E-state index < -0.39 is 21.0 Å². The van der Waals surface area contributed by atoms with Gasteiger partial charge >= 0.3 is 16.1 Å². The van der Waals surface area contributed by atoms with Crippen molar-refractivity contribution in [2.24, 2.45) is 0 Å². The third-order valence-corrected chi connectivity index (χ3v) is 4.88. The summed E-state index contributed by atoms with van der Waals surface area (Å²) in [6.07, 6.45) is 0. The summed E-state index contributed by atoms with van der Waals surface area (Å²) in [5, 5.41) is 14.5. The van der Waals surface area contributed by atoms with E-state index in [1.54, 1.807) is 13.0 Å². The van der Waals surface area contributed by atoms with Crippen LogP contribution in [0.4, 0.5) is 5.69 Å². The van der Waals surface area contributed by atoms with Crippen LogP contribution in [0.1, 0.15) is 21.8 Å². The molecule has 29 heavy (non-hydrogen) atoms. The highest BCUT2D eigenvalue weighted by atomic mass is 32.2. The van der Waals surface area contributed by atoms with Gasteiger partial charge in [0.15, 0.2) is 0 Å². The highest BCUT2D eigenvalue weighted by Gasteiger charge is 2.20. The molecule has 2 aromatic carbocycles. The van der Waals surface area contributed by atoms with Gasteiger partial charge in [-0.2, -0.15) is 8.42 Å². The van der Waals surface area contributed by atoms with Gasteiger partial charge in [-0.3, -0.25) is 10.1 Å². The zero-order valence-electron chi connectivity index (χ0n) is 15.0. The normalized spacial score (nSPS) is 11.1. The fraction of sp³-hybridized carbons (Fsp3) is 0.111. The molecule has 150 valence electrons. The van der Waals surface area contributed by atoms with Crippen molar-refractivity contribution in [3.63, 3.8) is 0 Å². The van der Waals surface area contributed by atoms with Gasteiger partial charge in [-0.15, -0.1) is 0 Å². The van der Waals surface area contributed by atoms with E-state index in [1.165, 1.54) is 42.5 Å². The first-order chi connectivity index (χ1) is 13.7. The number of hydrogen-bond donors (Lipinski definition) is 0. The lowest BCUT2D eigenvalue weighted by Crippen LogP contribution is -2.10. The number of aryl methyl sites for hydroxylation is 1. The van der Waals surface area contributed by atoms with Gasteiger partial charge in [0.2, 0.25) is 0 Å². The lowest BCUT2D eigenvalue weighted by Gasteiger charge is -2.08. The Morgan fingerprint density at radius 3 is 2.52 bits per heavy atom. The molecule has 0 aliphatic heterocycles. The number of carbonyl (C=O) groups excluding carboxylic acids is 1. The monoisotopic (exact) mass is 418 g/mol. The topological polar surface area (TPSA) is 139 Å². The zero-order valence-corrected chi connectivity index (χ0v) is 15.8. The summed E-state index contributed by atoms with van der Waals surface area (Å²) in [6, 6.07) is 11.3. The molecule has 0 spiro atoms. The molecular formula is C18H14N2O8S. The number of ether oxygens (including phenoxy) is 1. The van der Waals surface area contributed by atoms with Crippen LogP contribution < -0.4 is 4.18 Å². The summed E-state index contributed by atoms with van der Waals surface area (Å²) in [5.41, 5.74) is 0.249. The maximum absolute atomic E-state index is 12.3. The van der Waals surface area contributed by atoms with Crippen LogP contribution in [0.2, 0.25) is 0 Å². The molecule has 0 fully saturated rings. The van der Waals surface area contributed by atoms with Crippen molar-refractivity contribution in [3.05, 3.63) is 81.7 Å². The van der Waals surface area contributed by atoms with Gasteiger partial charge in [0.05, 0.1) is 10.5 Å². The smallest absolute Gasteiger partial charge is 0.339 e. The van der Waals surface area contributed by atoms with Crippen LogP contribution in [-0.2, 0) is 21.5 Å². The number of non-ortho nitro benzene ring substituents is 1. The molecule has 0 saturated heterocycles. The molecule has 1 heterocycles. The molecule has 1 aromatic heterocycles. The van der Waals surface area contributed by atoms with Crippen LogP contribution in [-0.4, -0.2) is 24.5 Å². The van der Waals surface area contributed by atoms with E-state index in [2.05, 4.69) is 5.16 Å². The quantitative estimate of drug-likeness (QED) is 0.245. The fourth-order valence-corrected chi connectivity index (χ4v) is 3.25. The third kappa shape index (κ3) is 4.96. The van der Waals surface area contributed by atoms with E-state index in [1.807, 2.05) is 0 Å². The van der Waals surface area contributed by atoms with Gasteiger partial charge in [0, 0.05) is 18.2 Å². The first-order valence-corrected chi connectivity index (χ1v) is 9.54. The van der Waals surface area contributed by atoms with Crippen molar-refractivity contribution in [3.8, 4) is 5.75 Å². The molecule has 0 unspecified atom stereocenters. The molecule has 3 rings (SSSR count). The maximum atomic E-state index is 12.3. The van der Waals surface area contributed by atoms with Gasteiger partial charge in [-0.25, -0.2) is 4.79 Å². The van der Waals surface area contributed by atoms with Crippen molar-refractivity contribution in [1.29, 1.82) is 0 Å². The summed E-state index contributed by atoms with van der Waals surface area (Å²) in [5.74, 6) is -0.124. The Kier molecular flexibility index (Phi) is 5.59. The average molecular weight is 418 g/mol. The van der Waals surface area contributed by atoms with Crippen molar-refractivity contribution in [1.82, 2.24) is 5.16 Å². The second-order valence-electron chi connectivity index (χ2n) is 5.82. The maximum Gasteiger partial charge on any atom is 0.339 e. The molecular weight excluding hydrogens is 404 g/mol. The number of nitrogens with zero attached hydrogens (tertiary/aromatic N) is 2. The van der Waals surface area contributed by atoms with E-state index in [-0.39, 0.29) is 28.5 Å². The first-order valence-electron chi connectivity index (χ1n) is 8.13. The number of nitro groups is 1. The minimum Gasteiger partial charge on any atom is -0.455 e. The molecule has 0 amide bonds. The molecule has 0 bridgehead atoms. The highest BCUT2D eigenvalue weighted by Crippen LogP contribution is 2.22. The molecule has 11 heteroatoms. The summed E-state index contributed by atoms with van der Waals surface area (Å²) in [7, 11) is -4.29. The minimum absolute atomic E-state index is 0.0693. The van der Waals surface area contributed by atoms with Crippen LogP contribution in [0.3, 0.4) is 0 Å². The van der Waals surface area contributed by atoms with Gasteiger partial charge < -0.3 is 13.4 Å². The minimum atomic E-state index is -4.29. The Morgan fingerprint density at radius 1 is 1.17 bits per heavy atom. The summed E-state index contributed by atoms with van der Waals surface area (Å²) in [4.78, 5) is 21.8. The Bertz CT molecular complexity index is 1150. The molecule has 3 aromatic rings. The van der Waals surface area contributed by atoms with E-state index in [9.17, 15) is 23.3 Å². The molecule has 0 aliphatic rings. The Morgan fingerprint density at radius 2 is 1.90 bits per heavy atom. The average Bonchev–Trinajstić information content (AvgIpc) is 3.11. The first kappa shape index (κ1) is 20.0. The Hall–Kier alpha value is -3.73. The number of esters is 1. The lowest BCUT2D eigenvalue weighted by atomic mass is 10.2. The second-order valence-corrected chi connectivity index (χ2v) is 7.37. The van der Waals surface area contributed by atoms with Crippen LogP contribution >= 0.6 is 0 Å². The van der Waals surface area contributed by atoms with Crippen molar-refractivity contribution >= 4 is 21.8 Å². The van der Waals surface area contributed by atoms with Crippen molar-refractivity contribution in [2.75, 3.05) is 0 Å². The summed E-state index contributed by atoms with van der Waals surface area (Å²) >= 11 is 0. The van der Waals surface area contributed by atoms with Gasteiger partial charge in [0.1, 0.15) is 28.7 Å². The van der Waals surface area contributed by atoms with E-state index in [0.29, 0.717) is 11.5 Å². The number of hydrogen-bond acceptors (Lipinski definition) is 9. The number of benzene rings is 2. The molecule has 10 nitrogen and oxygen atoms in total. The third-order valence-electron chi connectivity index (χ3n) is 3.64. The van der Waals surface area contributed by atoms with Crippen molar-refractivity contribution < 1.29 is 31.6 Å². The van der Waals surface area contributed by atoms with Gasteiger partial charge in [-0.1, -0.05) is 11.2 Å². The number of carbonyl (C=O) groups is 1. The summed E-state index contributed by atoms with van der Waals surface area (Å²) in [6.45, 7) is 1.63. The lowest BCUT2D eigenvalue weighted by molar-refractivity contribution is -0.385. The van der Waals surface area contributed by atoms with E-state index in [4.69, 9.17) is 13.4 Å². The largest absolute Gasteiger partial charge is 0.455 e. The Labute approximate surface area is 164 Å².